The van der Waals surface area contributed by atoms with Crippen LogP contribution in [0.3, 0.4) is 0 Å². The number of nitrogens with zero attached hydrogens (tertiary/aromatic N) is 4. The molecule has 2 rings (SSSR count). The molecule has 0 unspecified atom stereocenters. The monoisotopic (exact) mass is 260 g/mol. The number of aliphatic hydroxyl groups is 1. The van der Waals surface area contributed by atoms with Crippen molar-refractivity contribution in [2.24, 2.45) is 0 Å². The highest BCUT2D eigenvalue weighted by molar-refractivity contribution is 5.30. The largest absolute Gasteiger partial charge is 0.387 e. The minimum Gasteiger partial charge on any atom is -0.387 e. The molecule has 0 aromatic carbocycles. The fourth-order valence-electron chi connectivity index (χ4n) is 1.91. The number of aromatic nitrogens is 4. The molecule has 19 heavy (non-hydrogen) atoms. The molecule has 2 heterocycles. The van der Waals surface area contributed by atoms with Gasteiger partial charge in [-0.2, -0.15) is 5.10 Å². The molecule has 0 aliphatic heterocycles. The third-order valence-corrected chi connectivity index (χ3v) is 3.09. The molecule has 0 saturated heterocycles. The minimum absolute atomic E-state index is 0.498. The molecule has 0 fully saturated rings. The Hall–Kier alpha value is -1.75. The fraction of sp³-hybridized carbons (Fsp3) is 0.500. The predicted molar refractivity (Wildman–Crippen MR) is 73.2 cm³/mol. The van der Waals surface area contributed by atoms with E-state index in [1.54, 1.807) is 6.20 Å². The highest BCUT2D eigenvalue weighted by Crippen LogP contribution is 2.16. The van der Waals surface area contributed by atoms with Crippen molar-refractivity contribution in [2.75, 3.05) is 0 Å². The summed E-state index contributed by atoms with van der Waals surface area (Å²) in [6.07, 6.45) is 3.55. The van der Waals surface area contributed by atoms with Gasteiger partial charge in [-0.05, 0) is 18.6 Å². The van der Waals surface area contributed by atoms with Crippen LogP contribution in [0.5, 0.6) is 0 Å². The van der Waals surface area contributed by atoms with E-state index >= 15 is 0 Å². The summed E-state index contributed by atoms with van der Waals surface area (Å²) in [7, 11) is 0. The Kier molecular flexibility index (Phi) is 4.27. The molecule has 102 valence electrons. The smallest absolute Gasteiger partial charge is 0.151 e. The zero-order valence-electron chi connectivity index (χ0n) is 11.7. The Bertz CT molecular complexity index is 533. The lowest BCUT2D eigenvalue weighted by Crippen LogP contribution is -2.05. The SMILES string of the molecule is CCc1nc(CC)n(-c2ccc([C@@H](O)CC)nc2)n1. The molecular formula is C14H20N4O. The van der Waals surface area contributed by atoms with Crippen LogP contribution in [-0.2, 0) is 12.8 Å². The molecule has 5 nitrogen and oxygen atoms in total. The Balaban J connectivity index is 2.34. The van der Waals surface area contributed by atoms with Crippen LogP contribution in [-0.4, -0.2) is 24.9 Å². The maximum Gasteiger partial charge on any atom is 0.151 e. The second-order valence-electron chi connectivity index (χ2n) is 4.43. The van der Waals surface area contributed by atoms with E-state index in [0.29, 0.717) is 12.1 Å². The summed E-state index contributed by atoms with van der Waals surface area (Å²) in [5.74, 6) is 1.77. The second-order valence-corrected chi connectivity index (χ2v) is 4.43. The molecule has 5 heteroatoms. The standard InChI is InChI=1S/C14H20N4O/c1-4-12(19)11-8-7-10(9-15-11)18-14(6-3)16-13(5-2)17-18/h7-9,12,19H,4-6H2,1-3H3/t12-/m0/s1. The zero-order valence-corrected chi connectivity index (χ0v) is 11.7. The lowest BCUT2D eigenvalue weighted by Gasteiger charge is -2.08. The molecule has 2 aromatic heterocycles. The molecule has 0 aliphatic rings. The van der Waals surface area contributed by atoms with E-state index < -0.39 is 6.10 Å². The van der Waals surface area contributed by atoms with Crippen LogP contribution in [0.2, 0.25) is 0 Å². The van der Waals surface area contributed by atoms with Gasteiger partial charge in [-0.3, -0.25) is 4.98 Å². The Morgan fingerprint density at radius 2 is 2.00 bits per heavy atom. The van der Waals surface area contributed by atoms with Gasteiger partial charge in [0.2, 0.25) is 0 Å². The number of hydrogen-bond acceptors (Lipinski definition) is 4. The lowest BCUT2D eigenvalue weighted by molar-refractivity contribution is 0.169. The van der Waals surface area contributed by atoms with Crippen LogP contribution in [0.15, 0.2) is 18.3 Å². The van der Waals surface area contributed by atoms with Crippen LogP contribution in [0.25, 0.3) is 5.69 Å². The molecule has 1 N–H and O–H groups in total. The van der Waals surface area contributed by atoms with Gasteiger partial charge in [-0.1, -0.05) is 20.8 Å². The molecule has 0 saturated carbocycles. The van der Waals surface area contributed by atoms with Gasteiger partial charge in [0.1, 0.15) is 5.82 Å². The Morgan fingerprint density at radius 1 is 1.21 bits per heavy atom. The van der Waals surface area contributed by atoms with Gasteiger partial charge in [-0.15, -0.1) is 0 Å². The normalized spacial score (nSPS) is 12.6. The first-order chi connectivity index (χ1) is 9.19. The number of aliphatic hydroxyl groups excluding tert-OH is 1. The maximum absolute atomic E-state index is 9.74. The van der Waals surface area contributed by atoms with Gasteiger partial charge in [-0.25, -0.2) is 9.67 Å². The number of hydrogen-bond donors (Lipinski definition) is 1. The van der Waals surface area contributed by atoms with Gasteiger partial charge in [0, 0.05) is 12.8 Å². The van der Waals surface area contributed by atoms with Crippen molar-refractivity contribution >= 4 is 0 Å². The Morgan fingerprint density at radius 3 is 2.53 bits per heavy atom. The highest BCUT2D eigenvalue weighted by Gasteiger charge is 2.11. The van der Waals surface area contributed by atoms with Gasteiger partial charge >= 0.3 is 0 Å². The molecule has 0 amide bonds. The van der Waals surface area contributed by atoms with Crippen molar-refractivity contribution in [2.45, 2.75) is 46.1 Å². The molecule has 0 aliphatic carbocycles. The summed E-state index contributed by atoms with van der Waals surface area (Å²) in [6, 6.07) is 3.77. The minimum atomic E-state index is -0.498. The zero-order chi connectivity index (χ0) is 13.8. The number of aryl methyl sites for hydroxylation is 2. The first-order valence-electron chi connectivity index (χ1n) is 6.78. The summed E-state index contributed by atoms with van der Waals surface area (Å²) in [5, 5.41) is 14.2. The van der Waals surface area contributed by atoms with E-state index in [-0.39, 0.29) is 0 Å². The van der Waals surface area contributed by atoms with Crippen LogP contribution in [0.1, 0.15) is 50.6 Å². The first-order valence-corrected chi connectivity index (χ1v) is 6.78. The summed E-state index contributed by atoms with van der Waals surface area (Å²) in [6.45, 7) is 6.03. The van der Waals surface area contributed by atoms with Crippen LogP contribution >= 0.6 is 0 Å². The van der Waals surface area contributed by atoms with Crippen molar-refractivity contribution in [3.05, 3.63) is 35.7 Å². The summed E-state index contributed by atoms with van der Waals surface area (Å²) in [4.78, 5) is 8.77. The number of pyridine rings is 1. The molecule has 0 radical (unpaired) electrons. The first kappa shape index (κ1) is 13.7. The average molecular weight is 260 g/mol. The summed E-state index contributed by atoms with van der Waals surface area (Å²) in [5.41, 5.74) is 1.58. The van der Waals surface area contributed by atoms with Crippen molar-refractivity contribution in [1.29, 1.82) is 0 Å². The molecule has 0 bridgehead atoms. The van der Waals surface area contributed by atoms with E-state index in [9.17, 15) is 5.11 Å². The van der Waals surface area contributed by atoms with Crippen molar-refractivity contribution in [1.82, 2.24) is 19.7 Å². The predicted octanol–water partition coefficient (Wildman–Crippen LogP) is 2.23. The van der Waals surface area contributed by atoms with Gasteiger partial charge in [0.15, 0.2) is 5.82 Å². The van der Waals surface area contributed by atoms with E-state index in [1.807, 2.05) is 30.7 Å². The molecule has 1 atom stereocenters. The van der Waals surface area contributed by atoms with E-state index in [4.69, 9.17) is 0 Å². The summed E-state index contributed by atoms with van der Waals surface area (Å²) >= 11 is 0. The van der Waals surface area contributed by atoms with Crippen LogP contribution in [0, 0.1) is 0 Å². The highest BCUT2D eigenvalue weighted by atomic mass is 16.3. The van der Waals surface area contributed by atoms with Crippen molar-refractivity contribution in [3.8, 4) is 5.69 Å². The van der Waals surface area contributed by atoms with Gasteiger partial charge < -0.3 is 5.11 Å². The number of rotatable bonds is 5. The topological polar surface area (TPSA) is 63.8 Å². The van der Waals surface area contributed by atoms with Crippen molar-refractivity contribution in [3.63, 3.8) is 0 Å². The van der Waals surface area contributed by atoms with E-state index in [2.05, 4.69) is 22.0 Å². The van der Waals surface area contributed by atoms with Gasteiger partial charge in [0.05, 0.1) is 23.7 Å². The quantitative estimate of drug-likeness (QED) is 0.895. The van der Waals surface area contributed by atoms with Crippen molar-refractivity contribution < 1.29 is 5.11 Å². The maximum atomic E-state index is 9.74. The van der Waals surface area contributed by atoms with E-state index in [1.165, 1.54) is 0 Å². The van der Waals surface area contributed by atoms with E-state index in [0.717, 1.165) is 30.2 Å². The molecular weight excluding hydrogens is 240 g/mol. The third kappa shape index (κ3) is 2.81. The fourth-order valence-corrected chi connectivity index (χ4v) is 1.91. The molecule has 2 aromatic rings. The average Bonchev–Trinajstić information content (AvgIpc) is 2.90. The second kappa shape index (κ2) is 5.93. The third-order valence-electron chi connectivity index (χ3n) is 3.09. The summed E-state index contributed by atoms with van der Waals surface area (Å²) < 4.78 is 1.83. The Labute approximate surface area is 113 Å². The lowest BCUT2D eigenvalue weighted by atomic mass is 10.2. The van der Waals surface area contributed by atoms with Crippen LogP contribution in [0.4, 0.5) is 0 Å². The van der Waals surface area contributed by atoms with Crippen LogP contribution < -0.4 is 0 Å². The molecule has 0 spiro atoms. The van der Waals surface area contributed by atoms with Gasteiger partial charge in [0.25, 0.3) is 0 Å².